The number of rotatable bonds is 2. The summed E-state index contributed by atoms with van der Waals surface area (Å²) in [7, 11) is 0. The van der Waals surface area contributed by atoms with Crippen LogP contribution >= 0.6 is 22.6 Å². The Morgan fingerprint density at radius 2 is 2.35 bits per heavy atom. The number of halogens is 2. The summed E-state index contributed by atoms with van der Waals surface area (Å²) < 4.78 is 19.6. The molecule has 1 N–H and O–H groups in total. The number of aryl methyl sites for hydroxylation is 1. The Bertz CT molecular complexity index is 421. The summed E-state index contributed by atoms with van der Waals surface area (Å²) in [5.41, 5.74) is 1.11. The Balaban J connectivity index is 2.15. The Morgan fingerprint density at radius 1 is 1.59 bits per heavy atom. The van der Waals surface area contributed by atoms with E-state index < -0.39 is 0 Å². The van der Waals surface area contributed by atoms with Gasteiger partial charge >= 0.3 is 0 Å². The second-order valence-electron chi connectivity index (χ2n) is 4.15. The first-order valence-electron chi connectivity index (χ1n) is 5.42. The van der Waals surface area contributed by atoms with E-state index in [4.69, 9.17) is 4.74 Å². The maximum atomic E-state index is 13.7. The lowest BCUT2D eigenvalue weighted by atomic mass is 10.1. The highest BCUT2D eigenvalue weighted by molar-refractivity contribution is 14.1. The van der Waals surface area contributed by atoms with Crippen LogP contribution in [-0.4, -0.2) is 19.1 Å². The predicted molar refractivity (Wildman–Crippen MR) is 71.4 cm³/mol. The van der Waals surface area contributed by atoms with E-state index in [0.717, 1.165) is 5.56 Å². The maximum Gasteiger partial charge on any atom is 0.230 e. The Labute approximate surface area is 113 Å². The third kappa shape index (κ3) is 2.95. The molecular weight excluding hydrogens is 336 g/mol. The van der Waals surface area contributed by atoms with Crippen molar-refractivity contribution in [2.45, 2.75) is 13.3 Å². The molecular formula is C12H13FINO2. The van der Waals surface area contributed by atoms with Gasteiger partial charge in [0.05, 0.1) is 18.2 Å². The molecule has 17 heavy (non-hydrogen) atoms. The highest BCUT2D eigenvalue weighted by Crippen LogP contribution is 2.25. The van der Waals surface area contributed by atoms with Crippen LogP contribution in [0.15, 0.2) is 12.1 Å². The van der Waals surface area contributed by atoms with E-state index in [2.05, 4.69) is 5.32 Å². The molecule has 0 radical (unpaired) electrons. The normalized spacial score (nSPS) is 19.4. The van der Waals surface area contributed by atoms with Gasteiger partial charge in [-0.1, -0.05) is 0 Å². The number of hydrogen-bond acceptors (Lipinski definition) is 2. The van der Waals surface area contributed by atoms with Gasteiger partial charge in [-0.2, -0.15) is 0 Å². The van der Waals surface area contributed by atoms with Crippen molar-refractivity contribution in [2.24, 2.45) is 5.92 Å². The number of carbonyl (C=O) groups is 1. The first-order valence-corrected chi connectivity index (χ1v) is 6.50. The number of nitrogens with one attached hydrogen (secondary N) is 1. The van der Waals surface area contributed by atoms with E-state index in [1.54, 1.807) is 0 Å². The summed E-state index contributed by atoms with van der Waals surface area (Å²) in [6, 6.07) is 3.26. The SMILES string of the molecule is Cc1cc(F)c(NC(=O)C2CCOC2)c(I)c1. The second-order valence-corrected chi connectivity index (χ2v) is 5.32. The minimum atomic E-state index is -0.387. The summed E-state index contributed by atoms with van der Waals surface area (Å²) >= 11 is 2.02. The fraction of sp³-hybridized carbons (Fsp3) is 0.417. The highest BCUT2D eigenvalue weighted by Gasteiger charge is 2.24. The summed E-state index contributed by atoms with van der Waals surface area (Å²) in [6.07, 6.45) is 0.704. The molecule has 2 rings (SSSR count). The zero-order valence-corrected chi connectivity index (χ0v) is 11.6. The Hall–Kier alpha value is -0.690. The molecule has 0 saturated carbocycles. The first-order chi connectivity index (χ1) is 8.08. The average molecular weight is 349 g/mol. The van der Waals surface area contributed by atoms with Crippen molar-refractivity contribution < 1.29 is 13.9 Å². The molecule has 92 valence electrons. The van der Waals surface area contributed by atoms with E-state index >= 15 is 0 Å². The van der Waals surface area contributed by atoms with Gasteiger partial charge in [-0.05, 0) is 53.6 Å². The van der Waals surface area contributed by atoms with Crippen molar-refractivity contribution in [2.75, 3.05) is 18.5 Å². The zero-order valence-electron chi connectivity index (χ0n) is 9.43. The number of hydrogen-bond donors (Lipinski definition) is 1. The molecule has 1 fully saturated rings. The van der Waals surface area contributed by atoms with Gasteiger partial charge in [-0.3, -0.25) is 4.79 Å². The summed E-state index contributed by atoms with van der Waals surface area (Å²) in [6.45, 7) is 2.85. The largest absolute Gasteiger partial charge is 0.381 e. The fourth-order valence-electron chi connectivity index (χ4n) is 1.79. The monoisotopic (exact) mass is 349 g/mol. The predicted octanol–water partition coefficient (Wildman–Crippen LogP) is 2.71. The second kappa shape index (κ2) is 5.30. The molecule has 1 atom stereocenters. The third-order valence-electron chi connectivity index (χ3n) is 2.74. The lowest BCUT2D eigenvalue weighted by molar-refractivity contribution is -0.119. The summed E-state index contributed by atoms with van der Waals surface area (Å²) in [5, 5.41) is 2.65. The van der Waals surface area contributed by atoms with E-state index in [9.17, 15) is 9.18 Å². The molecule has 0 bridgehead atoms. The van der Waals surface area contributed by atoms with Crippen LogP contribution in [0, 0.1) is 22.2 Å². The third-order valence-corrected chi connectivity index (χ3v) is 3.59. The van der Waals surface area contributed by atoms with Gasteiger partial charge in [0.1, 0.15) is 5.82 Å². The minimum Gasteiger partial charge on any atom is -0.381 e. The molecule has 3 nitrogen and oxygen atoms in total. The quantitative estimate of drug-likeness (QED) is 0.834. The number of carbonyl (C=O) groups excluding carboxylic acids is 1. The van der Waals surface area contributed by atoms with Crippen molar-refractivity contribution in [3.63, 3.8) is 0 Å². The molecule has 1 aliphatic rings. The van der Waals surface area contributed by atoms with Crippen LogP contribution in [0.5, 0.6) is 0 Å². The van der Waals surface area contributed by atoms with Crippen molar-refractivity contribution in [1.82, 2.24) is 0 Å². The van der Waals surface area contributed by atoms with Crippen molar-refractivity contribution >= 4 is 34.2 Å². The van der Waals surface area contributed by atoms with Crippen LogP contribution in [0.4, 0.5) is 10.1 Å². The summed E-state index contributed by atoms with van der Waals surface area (Å²) in [5.74, 6) is -0.712. The number of anilines is 1. The number of ether oxygens (including phenoxy) is 1. The molecule has 1 aliphatic heterocycles. The Kier molecular flexibility index (Phi) is 3.98. The van der Waals surface area contributed by atoms with E-state index in [-0.39, 0.29) is 23.3 Å². The average Bonchev–Trinajstić information content (AvgIpc) is 2.76. The van der Waals surface area contributed by atoms with Crippen molar-refractivity contribution in [1.29, 1.82) is 0 Å². The molecule has 1 saturated heterocycles. The lowest BCUT2D eigenvalue weighted by Gasteiger charge is -2.12. The molecule has 0 aliphatic carbocycles. The molecule has 1 unspecified atom stereocenters. The minimum absolute atomic E-state index is 0.161. The molecule has 1 heterocycles. The topological polar surface area (TPSA) is 38.3 Å². The van der Waals surface area contributed by atoms with Crippen LogP contribution in [0.3, 0.4) is 0 Å². The van der Waals surface area contributed by atoms with Crippen LogP contribution in [0.25, 0.3) is 0 Å². The standard InChI is InChI=1S/C12H13FINO2/c1-7-4-9(13)11(10(14)5-7)15-12(16)8-2-3-17-6-8/h4-5,8H,2-3,6H2,1H3,(H,15,16). The zero-order chi connectivity index (χ0) is 12.4. The van der Waals surface area contributed by atoms with Crippen LogP contribution in [0.2, 0.25) is 0 Å². The molecule has 1 aromatic carbocycles. The highest BCUT2D eigenvalue weighted by atomic mass is 127. The Morgan fingerprint density at radius 3 is 2.94 bits per heavy atom. The maximum absolute atomic E-state index is 13.7. The summed E-state index contributed by atoms with van der Waals surface area (Å²) in [4.78, 5) is 11.8. The number of benzene rings is 1. The van der Waals surface area contributed by atoms with Crippen LogP contribution in [-0.2, 0) is 9.53 Å². The van der Waals surface area contributed by atoms with Crippen molar-refractivity contribution in [3.8, 4) is 0 Å². The van der Waals surface area contributed by atoms with Gasteiger partial charge in [0.25, 0.3) is 0 Å². The first kappa shape index (κ1) is 12.8. The van der Waals surface area contributed by atoms with Crippen LogP contribution in [0.1, 0.15) is 12.0 Å². The molecule has 0 aromatic heterocycles. The molecule has 1 aromatic rings. The van der Waals surface area contributed by atoms with Gasteiger partial charge in [0, 0.05) is 10.2 Å². The molecule has 5 heteroatoms. The van der Waals surface area contributed by atoms with Gasteiger partial charge in [-0.25, -0.2) is 4.39 Å². The molecule has 0 spiro atoms. The van der Waals surface area contributed by atoms with E-state index in [0.29, 0.717) is 23.2 Å². The molecule has 1 amide bonds. The van der Waals surface area contributed by atoms with Crippen LogP contribution < -0.4 is 5.32 Å². The van der Waals surface area contributed by atoms with Crippen molar-refractivity contribution in [3.05, 3.63) is 27.1 Å². The van der Waals surface area contributed by atoms with Gasteiger partial charge in [0.2, 0.25) is 5.91 Å². The van der Waals surface area contributed by atoms with Gasteiger partial charge < -0.3 is 10.1 Å². The smallest absolute Gasteiger partial charge is 0.230 e. The van der Waals surface area contributed by atoms with E-state index in [1.165, 1.54) is 6.07 Å². The van der Waals surface area contributed by atoms with Gasteiger partial charge in [-0.15, -0.1) is 0 Å². The van der Waals surface area contributed by atoms with E-state index in [1.807, 2.05) is 35.6 Å². The lowest BCUT2D eigenvalue weighted by Crippen LogP contribution is -2.24. The fourth-order valence-corrected chi connectivity index (χ4v) is 2.67. The van der Waals surface area contributed by atoms with Gasteiger partial charge in [0.15, 0.2) is 0 Å². The number of amides is 1.